The molecule has 0 saturated carbocycles. The minimum atomic E-state index is -0.190. The zero-order valence-electron chi connectivity index (χ0n) is 11.0. The zero-order valence-corrected chi connectivity index (χ0v) is 11.0. The maximum absolute atomic E-state index is 12.2. The van der Waals surface area contributed by atoms with Gasteiger partial charge < -0.3 is 16.0 Å². The number of anilines is 1. The molecule has 0 fully saturated rings. The van der Waals surface area contributed by atoms with E-state index in [1.165, 1.54) is 4.90 Å². The molecule has 3 N–H and O–H groups in total. The summed E-state index contributed by atoms with van der Waals surface area (Å²) in [7, 11) is 1.55. The van der Waals surface area contributed by atoms with Gasteiger partial charge in [-0.15, -0.1) is 0 Å². The average molecular weight is 249 g/mol. The Morgan fingerprint density at radius 1 is 1.39 bits per heavy atom. The van der Waals surface area contributed by atoms with Crippen LogP contribution in [0.5, 0.6) is 0 Å². The summed E-state index contributed by atoms with van der Waals surface area (Å²) in [5, 5.41) is 2.50. The van der Waals surface area contributed by atoms with Crippen molar-refractivity contribution in [1.29, 1.82) is 0 Å². The molecule has 5 heteroatoms. The van der Waals surface area contributed by atoms with Crippen LogP contribution in [0.25, 0.3) is 0 Å². The normalized spacial score (nSPS) is 9.94. The molecule has 5 nitrogen and oxygen atoms in total. The number of nitrogens with one attached hydrogen (secondary N) is 1. The van der Waals surface area contributed by atoms with Crippen molar-refractivity contribution in [2.75, 3.05) is 25.9 Å². The number of carbonyl (C=O) groups is 2. The van der Waals surface area contributed by atoms with Crippen molar-refractivity contribution in [2.45, 2.75) is 13.8 Å². The molecule has 1 rings (SSSR count). The first kappa shape index (κ1) is 14.0. The predicted octanol–water partition coefficient (Wildman–Crippen LogP) is 0.785. The fraction of sp³-hybridized carbons (Fsp3) is 0.385. The lowest BCUT2D eigenvalue weighted by Gasteiger charge is -2.20. The summed E-state index contributed by atoms with van der Waals surface area (Å²) in [6.45, 7) is 4.24. The molecule has 0 bridgehead atoms. The minimum Gasteiger partial charge on any atom is -0.398 e. The Kier molecular flexibility index (Phi) is 4.71. The molecular formula is C13H19N3O2. The van der Waals surface area contributed by atoms with E-state index in [9.17, 15) is 9.59 Å². The summed E-state index contributed by atoms with van der Waals surface area (Å²) in [4.78, 5) is 25.0. The molecule has 0 aliphatic rings. The smallest absolute Gasteiger partial charge is 0.254 e. The van der Waals surface area contributed by atoms with Crippen LogP contribution >= 0.6 is 0 Å². The third-order valence-electron chi connectivity index (χ3n) is 2.81. The van der Waals surface area contributed by atoms with Crippen LogP contribution in [-0.4, -0.2) is 36.9 Å². The maximum atomic E-state index is 12.2. The summed E-state index contributed by atoms with van der Waals surface area (Å²) in [6, 6.07) is 5.17. The summed E-state index contributed by atoms with van der Waals surface area (Å²) in [5.41, 5.74) is 7.79. The Morgan fingerprint density at radius 3 is 2.56 bits per heavy atom. The van der Waals surface area contributed by atoms with Gasteiger partial charge in [-0.05, 0) is 31.5 Å². The topological polar surface area (TPSA) is 75.4 Å². The van der Waals surface area contributed by atoms with E-state index in [-0.39, 0.29) is 18.4 Å². The molecule has 0 radical (unpaired) electrons. The number of benzene rings is 1. The van der Waals surface area contributed by atoms with Crippen molar-refractivity contribution in [2.24, 2.45) is 0 Å². The van der Waals surface area contributed by atoms with E-state index in [2.05, 4.69) is 5.32 Å². The molecule has 0 aliphatic heterocycles. The molecule has 2 amide bonds. The number of nitrogens with zero attached hydrogens (tertiary/aromatic N) is 1. The van der Waals surface area contributed by atoms with Crippen molar-refractivity contribution >= 4 is 17.5 Å². The summed E-state index contributed by atoms with van der Waals surface area (Å²) in [5.74, 6) is -0.377. The Labute approximate surface area is 107 Å². The molecular weight excluding hydrogens is 230 g/mol. The second-order valence-corrected chi connectivity index (χ2v) is 4.06. The van der Waals surface area contributed by atoms with Crippen LogP contribution in [0.3, 0.4) is 0 Å². The number of amides is 2. The van der Waals surface area contributed by atoms with Gasteiger partial charge in [0, 0.05) is 24.8 Å². The van der Waals surface area contributed by atoms with E-state index < -0.39 is 0 Å². The molecule has 0 spiro atoms. The molecule has 0 heterocycles. The largest absolute Gasteiger partial charge is 0.398 e. The molecule has 1 aromatic rings. The van der Waals surface area contributed by atoms with Gasteiger partial charge in [0.25, 0.3) is 5.91 Å². The number of likely N-dealkylation sites (N-methyl/N-ethyl adjacent to an activating group) is 2. The lowest BCUT2D eigenvalue weighted by Crippen LogP contribution is -2.39. The van der Waals surface area contributed by atoms with Crippen LogP contribution in [0.1, 0.15) is 22.8 Å². The highest BCUT2D eigenvalue weighted by molar-refractivity contribution is 5.97. The van der Waals surface area contributed by atoms with Gasteiger partial charge in [-0.2, -0.15) is 0 Å². The third kappa shape index (κ3) is 3.23. The SMILES string of the molecule is CCN(CC(=O)NC)C(=O)c1ccc(C)c(N)c1. The van der Waals surface area contributed by atoms with Crippen molar-refractivity contribution in [3.05, 3.63) is 29.3 Å². The first-order valence-corrected chi connectivity index (χ1v) is 5.85. The lowest BCUT2D eigenvalue weighted by molar-refractivity contribution is -0.121. The summed E-state index contributed by atoms with van der Waals surface area (Å²) in [6.07, 6.45) is 0. The van der Waals surface area contributed by atoms with E-state index in [0.29, 0.717) is 17.8 Å². The quantitative estimate of drug-likeness (QED) is 0.774. The molecule has 18 heavy (non-hydrogen) atoms. The van der Waals surface area contributed by atoms with E-state index in [4.69, 9.17) is 5.73 Å². The number of nitrogens with two attached hydrogens (primary N) is 1. The van der Waals surface area contributed by atoms with Crippen molar-refractivity contribution in [3.63, 3.8) is 0 Å². The van der Waals surface area contributed by atoms with Gasteiger partial charge in [-0.1, -0.05) is 6.07 Å². The van der Waals surface area contributed by atoms with Crippen LogP contribution in [0.4, 0.5) is 5.69 Å². The number of hydrogen-bond acceptors (Lipinski definition) is 3. The Morgan fingerprint density at radius 2 is 2.06 bits per heavy atom. The predicted molar refractivity (Wildman–Crippen MR) is 71.2 cm³/mol. The fourth-order valence-corrected chi connectivity index (χ4v) is 1.54. The number of aryl methyl sites for hydroxylation is 1. The first-order chi connectivity index (χ1) is 8.49. The Balaban J connectivity index is 2.89. The average Bonchev–Trinajstić information content (AvgIpc) is 2.38. The van der Waals surface area contributed by atoms with Crippen LogP contribution in [0, 0.1) is 6.92 Å². The summed E-state index contributed by atoms with van der Waals surface area (Å²) >= 11 is 0. The van der Waals surface area contributed by atoms with Crippen LogP contribution in [0.2, 0.25) is 0 Å². The highest BCUT2D eigenvalue weighted by atomic mass is 16.2. The Hall–Kier alpha value is -2.04. The number of carbonyl (C=O) groups excluding carboxylic acids is 2. The van der Waals surface area contributed by atoms with Gasteiger partial charge in [0.05, 0.1) is 6.54 Å². The van der Waals surface area contributed by atoms with E-state index in [1.807, 2.05) is 13.8 Å². The van der Waals surface area contributed by atoms with Gasteiger partial charge in [0.1, 0.15) is 0 Å². The Bertz CT molecular complexity index is 458. The van der Waals surface area contributed by atoms with Crippen LogP contribution < -0.4 is 11.1 Å². The van der Waals surface area contributed by atoms with E-state index >= 15 is 0 Å². The zero-order chi connectivity index (χ0) is 13.7. The van der Waals surface area contributed by atoms with Gasteiger partial charge in [-0.25, -0.2) is 0 Å². The van der Waals surface area contributed by atoms with Crippen LogP contribution in [0.15, 0.2) is 18.2 Å². The monoisotopic (exact) mass is 249 g/mol. The molecule has 98 valence electrons. The highest BCUT2D eigenvalue weighted by Gasteiger charge is 2.17. The second-order valence-electron chi connectivity index (χ2n) is 4.06. The van der Waals surface area contributed by atoms with Gasteiger partial charge in [0.15, 0.2) is 0 Å². The van der Waals surface area contributed by atoms with Crippen molar-refractivity contribution < 1.29 is 9.59 Å². The van der Waals surface area contributed by atoms with Gasteiger partial charge >= 0.3 is 0 Å². The standard InChI is InChI=1S/C13H19N3O2/c1-4-16(8-12(17)15-3)13(18)10-6-5-9(2)11(14)7-10/h5-7H,4,8,14H2,1-3H3,(H,15,17). The molecule has 0 saturated heterocycles. The molecule has 0 atom stereocenters. The van der Waals surface area contributed by atoms with Crippen molar-refractivity contribution in [1.82, 2.24) is 10.2 Å². The maximum Gasteiger partial charge on any atom is 0.254 e. The molecule has 0 aliphatic carbocycles. The molecule has 0 aromatic heterocycles. The fourth-order valence-electron chi connectivity index (χ4n) is 1.54. The van der Waals surface area contributed by atoms with Gasteiger partial charge in [0.2, 0.25) is 5.91 Å². The highest BCUT2D eigenvalue weighted by Crippen LogP contribution is 2.14. The van der Waals surface area contributed by atoms with E-state index in [0.717, 1.165) is 5.56 Å². The van der Waals surface area contributed by atoms with Crippen LogP contribution in [-0.2, 0) is 4.79 Å². The number of hydrogen-bond donors (Lipinski definition) is 2. The second kappa shape index (κ2) is 6.05. The van der Waals surface area contributed by atoms with Gasteiger partial charge in [-0.3, -0.25) is 9.59 Å². The van der Waals surface area contributed by atoms with E-state index in [1.54, 1.807) is 25.2 Å². The third-order valence-corrected chi connectivity index (χ3v) is 2.81. The molecule has 1 aromatic carbocycles. The minimum absolute atomic E-state index is 0.0552. The summed E-state index contributed by atoms with van der Waals surface area (Å²) < 4.78 is 0. The molecule has 0 unspecified atom stereocenters. The number of rotatable bonds is 4. The van der Waals surface area contributed by atoms with Crippen molar-refractivity contribution in [3.8, 4) is 0 Å². The number of nitrogen functional groups attached to an aromatic ring is 1. The lowest BCUT2D eigenvalue weighted by atomic mass is 10.1. The first-order valence-electron chi connectivity index (χ1n) is 5.85.